The van der Waals surface area contributed by atoms with Crippen LogP contribution in [0, 0.1) is 0 Å². The van der Waals surface area contributed by atoms with Crippen molar-refractivity contribution in [2.45, 2.75) is 12.5 Å². The van der Waals surface area contributed by atoms with Gasteiger partial charge in [0.2, 0.25) is 0 Å². The largest absolute Gasteiger partial charge is 0.505 e. The van der Waals surface area contributed by atoms with Crippen LogP contribution in [0.5, 0.6) is 5.75 Å². The molecule has 1 aliphatic rings. The van der Waals surface area contributed by atoms with Gasteiger partial charge < -0.3 is 16.2 Å². The van der Waals surface area contributed by atoms with Crippen molar-refractivity contribution >= 4 is 21.6 Å². The summed E-state index contributed by atoms with van der Waals surface area (Å²) in [5, 5.41) is 13.6. The van der Waals surface area contributed by atoms with Crippen molar-refractivity contribution in [2.24, 2.45) is 0 Å². The van der Waals surface area contributed by atoms with Gasteiger partial charge in [-0.15, -0.1) is 6.58 Å². The lowest BCUT2D eigenvalue weighted by molar-refractivity contribution is 0.171. The van der Waals surface area contributed by atoms with Crippen LogP contribution in [0.15, 0.2) is 29.3 Å². The number of hydrogen-bond donors (Lipinski definition) is 3. The maximum absolute atomic E-state index is 10.3. The van der Waals surface area contributed by atoms with E-state index in [0.29, 0.717) is 5.69 Å². The second-order valence-electron chi connectivity index (χ2n) is 4.73. The zero-order valence-electron chi connectivity index (χ0n) is 10.9. The van der Waals surface area contributed by atoms with E-state index >= 15 is 0 Å². The molecule has 0 spiro atoms. The molecule has 1 saturated heterocycles. The van der Waals surface area contributed by atoms with E-state index < -0.39 is 0 Å². The number of hydrogen-bond acceptors (Lipinski definition) is 4. The average Bonchev–Trinajstić information content (AvgIpc) is 2.43. The Morgan fingerprint density at radius 3 is 2.79 bits per heavy atom. The normalized spacial score (nSPS) is 18.2. The Morgan fingerprint density at radius 2 is 2.16 bits per heavy atom. The Balaban J connectivity index is 2.37. The van der Waals surface area contributed by atoms with E-state index in [9.17, 15) is 5.11 Å². The molecule has 104 valence electrons. The number of rotatable bonds is 4. The van der Waals surface area contributed by atoms with Gasteiger partial charge in [0.1, 0.15) is 5.75 Å². The highest BCUT2D eigenvalue weighted by atomic mass is 79.9. The molecule has 1 aliphatic heterocycles. The number of nitrogens with zero attached hydrogens (tertiary/aromatic N) is 1. The third kappa shape index (κ3) is 3.11. The number of anilines is 1. The Labute approximate surface area is 122 Å². The summed E-state index contributed by atoms with van der Waals surface area (Å²) in [4.78, 5) is 2.36. The quantitative estimate of drug-likeness (QED) is 0.451. The maximum Gasteiger partial charge on any atom is 0.144 e. The molecule has 1 aromatic carbocycles. The lowest BCUT2D eigenvalue weighted by Gasteiger charge is -2.35. The van der Waals surface area contributed by atoms with Gasteiger partial charge in [0, 0.05) is 42.3 Å². The van der Waals surface area contributed by atoms with Gasteiger partial charge in [0.25, 0.3) is 0 Å². The molecular formula is C14H20BrN3O. The molecule has 4 N–H and O–H groups in total. The molecule has 0 saturated carbocycles. The van der Waals surface area contributed by atoms with Crippen LogP contribution in [0.1, 0.15) is 18.0 Å². The van der Waals surface area contributed by atoms with E-state index in [1.165, 1.54) is 0 Å². The van der Waals surface area contributed by atoms with Gasteiger partial charge >= 0.3 is 0 Å². The molecule has 5 heteroatoms. The molecule has 0 radical (unpaired) electrons. The van der Waals surface area contributed by atoms with Crippen molar-refractivity contribution in [3.05, 3.63) is 34.8 Å². The van der Waals surface area contributed by atoms with Crippen molar-refractivity contribution in [2.75, 3.05) is 31.9 Å². The van der Waals surface area contributed by atoms with Gasteiger partial charge in [-0.2, -0.15) is 0 Å². The van der Waals surface area contributed by atoms with Crippen LogP contribution in [-0.4, -0.2) is 36.2 Å². The molecule has 0 unspecified atom stereocenters. The van der Waals surface area contributed by atoms with Gasteiger partial charge in [0.15, 0.2) is 0 Å². The molecule has 1 fully saturated rings. The summed E-state index contributed by atoms with van der Waals surface area (Å²) >= 11 is 3.53. The molecular weight excluding hydrogens is 306 g/mol. The summed E-state index contributed by atoms with van der Waals surface area (Å²) in [6.07, 6.45) is 2.68. The first kappa shape index (κ1) is 14.4. The molecule has 0 amide bonds. The summed E-state index contributed by atoms with van der Waals surface area (Å²) in [7, 11) is 0. The highest BCUT2D eigenvalue weighted by Gasteiger charge is 2.26. The summed E-state index contributed by atoms with van der Waals surface area (Å²) in [5.41, 5.74) is 7.11. The first-order chi connectivity index (χ1) is 9.15. The first-order valence-corrected chi connectivity index (χ1v) is 7.27. The van der Waals surface area contributed by atoms with E-state index in [4.69, 9.17) is 5.73 Å². The summed E-state index contributed by atoms with van der Waals surface area (Å²) < 4.78 is 0.893. The molecule has 2 rings (SSSR count). The van der Waals surface area contributed by atoms with E-state index in [1.54, 1.807) is 6.07 Å². The van der Waals surface area contributed by atoms with Crippen LogP contribution in [0.25, 0.3) is 0 Å². The summed E-state index contributed by atoms with van der Waals surface area (Å²) in [6, 6.07) is 3.71. The van der Waals surface area contributed by atoms with Crippen LogP contribution >= 0.6 is 15.9 Å². The first-order valence-electron chi connectivity index (χ1n) is 6.47. The monoisotopic (exact) mass is 325 g/mol. The zero-order chi connectivity index (χ0) is 13.8. The summed E-state index contributed by atoms with van der Waals surface area (Å²) in [6.45, 7) is 7.68. The van der Waals surface area contributed by atoms with E-state index in [1.807, 2.05) is 12.1 Å². The minimum Gasteiger partial charge on any atom is -0.505 e. The van der Waals surface area contributed by atoms with Crippen molar-refractivity contribution in [3.63, 3.8) is 0 Å². The third-order valence-electron chi connectivity index (χ3n) is 3.51. The number of nitrogen functional groups attached to an aromatic ring is 1. The number of nitrogens with one attached hydrogen (secondary N) is 1. The smallest absolute Gasteiger partial charge is 0.144 e. The fraction of sp³-hybridized carbons (Fsp3) is 0.429. The second-order valence-corrected chi connectivity index (χ2v) is 5.58. The molecule has 0 aliphatic carbocycles. The third-order valence-corrected chi connectivity index (χ3v) is 4.20. The molecule has 0 aromatic heterocycles. The predicted octanol–water partition coefficient (Wildman–Crippen LogP) is 2.26. The standard InChI is InChI=1S/C14H20BrN3O/c1-2-3-12(18-8-6-17-7-9-18)13-10(15)4-5-11(16)14(13)19/h2,4-5,12,17,19H,1,3,6-9,16H2/t12-/m1/s1. The molecule has 4 nitrogen and oxygen atoms in total. The number of nitrogens with two attached hydrogens (primary N) is 1. The predicted molar refractivity (Wildman–Crippen MR) is 82.2 cm³/mol. The number of phenols is 1. The molecule has 19 heavy (non-hydrogen) atoms. The Hall–Kier alpha value is -1.04. The summed E-state index contributed by atoms with van der Waals surface area (Å²) in [5.74, 6) is 0.180. The van der Waals surface area contributed by atoms with Crippen LogP contribution < -0.4 is 11.1 Å². The molecule has 0 bridgehead atoms. The van der Waals surface area contributed by atoms with Gasteiger partial charge in [-0.1, -0.05) is 22.0 Å². The second kappa shape index (κ2) is 6.41. The van der Waals surface area contributed by atoms with Crippen molar-refractivity contribution in [1.29, 1.82) is 0 Å². The number of benzene rings is 1. The van der Waals surface area contributed by atoms with Crippen molar-refractivity contribution in [1.82, 2.24) is 10.2 Å². The lowest BCUT2D eigenvalue weighted by Crippen LogP contribution is -2.45. The number of aromatic hydroxyl groups is 1. The van der Waals surface area contributed by atoms with Crippen LogP contribution in [0.2, 0.25) is 0 Å². The molecule has 1 heterocycles. The Kier molecular flexibility index (Phi) is 4.85. The SMILES string of the molecule is C=CC[C@H](c1c(Br)ccc(N)c1O)N1CCNCC1. The van der Waals surface area contributed by atoms with Crippen LogP contribution in [-0.2, 0) is 0 Å². The topological polar surface area (TPSA) is 61.5 Å². The number of halogens is 1. The minimum absolute atomic E-state index is 0.109. The molecule has 1 aromatic rings. The lowest BCUT2D eigenvalue weighted by atomic mass is 9.99. The fourth-order valence-electron chi connectivity index (χ4n) is 2.52. The van der Waals surface area contributed by atoms with Crippen molar-refractivity contribution < 1.29 is 5.11 Å². The number of phenolic OH excluding ortho intramolecular Hbond substituents is 1. The van der Waals surface area contributed by atoms with Crippen LogP contribution in [0.4, 0.5) is 5.69 Å². The van der Waals surface area contributed by atoms with Gasteiger partial charge in [-0.05, 0) is 18.6 Å². The van der Waals surface area contributed by atoms with Gasteiger partial charge in [-0.3, -0.25) is 4.90 Å². The minimum atomic E-state index is 0.109. The maximum atomic E-state index is 10.3. The highest BCUT2D eigenvalue weighted by molar-refractivity contribution is 9.10. The average molecular weight is 326 g/mol. The molecule has 1 atom stereocenters. The fourth-order valence-corrected chi connectivity index (χ4v) is 3.10. The Bertz CT molecular complexity index is 458. The van der Waals surface area contributed by atoms with E-state index in [-0.39, 0.29) is 11.8 Å². The van der Waals surface area contributed by atoms with E-state index in [2.05, 4.69) is 32.7 Å². The Morgan fingerprint density at radius 1 is 1.47 bits per heavy atom. The van der Waals surface area contributed by atoms with Gasteiger partial charge in [0.05, 0.1) is 5.69 Å². The number of piperazine rings is 1. The van der Waals surface area contributed by atoms with E-state index in [0.717, 1.165) is 42.6 Å². The highest BCUT2D eigenvalue weighted by Crippen LogP contribution is 2.40. The van der Waals surface area contributed by atoms with Gasteiger partial charge in [-0.25, -0.2) is 0 Å². The zero-order valence-corrected chi connectivity index (χ0v) is 12.5. The van der Waals surface area contributed by atoms with Crippen molar-refractivity contribution in [3.8, 4) is 5.75 Å². The van der Waals surface area contributed by atoms with Crippen LogP contribution in [0.3, 0.4) is 0 Å².